The number of aromatic amines is 1. The quantitative estimate of drug-likeness (QED) is 0.0732. The fourth-order valence-corrected chi connectivity index (χ4v) is 5.54. The van der Waals surface area contributed by atoms with E-state index < -0.39 is 11.9 Å². The van der Waals surface area contributed by atoms with Crippen LogP contribution in [0.25, 0.3) is 32.8 Å². The van der Waals surface area contributed by atoms with Gasteiger partial charge in [-0.1, -0.05) is 78.3 Å². The number of methoxy groups -OCH3 is 3. The summed E-state index contributed by atoms with van der Waals surface area (Å²) in [6, 6.07) is 29.1. The lowest BCUT2D eigenvalue weighted by atomic mass is 9.99. The normalized spacial score (nSPS) is 11.1. The number of hydrogen-bond acceptors (Lipinski definition) is 7. The number of nitrogens with one attached hydrogen (secondary N) is 2. The first kappa shape index (κ1) is 30.2. The summed E-state index contributed by atoms with van der Waals surface area (Å²) in [5.41, 5.74) is 5.75. The molecule has 0 atom stereocenters. The second-order valence-electron chi connectivity index (χ2n) is 10.1. The molecule has 0 aliphatic carbocycles. The van der Waals surface area contributed by atoms with Crippen molar-refractivity contribution in [2.45, 2.75) is 0 Å². The third kappa shape index (κ3) is 5.71. The molecule has 46 heavy (non-hydrogen) atoms. The van der Waals surface area contributed by atoms with Gasteiger partial charge in [0, 0.05) is 32.5 Å². The molecule has 6 aromatic rings. The van der Waals surface area contributed by atoms with Crippen LogP contribution in [0.3, 0.4) is 0 Å². The zero-order valence-electron chi connectivity index (χ0n) is 25.1. The molecule has 0 fully saturated rings. The summed E-state index contributed by atoms with van der Waals surface area (Å²) in [7, 11) is 4.40. The van der Waals surface area contributed by atoms with Crippen LogP contribution >= 0.6 is 11.6 Å². The summed E-state index contributed by atoms with van der Waals surface area (Å²) in [4.78, 5) is 30.1. The third-order valence-corrected chi connectivity index (χ3v) is 7.79. The first-order valence-electron chi connectivity index (χ1n) is 14.2. The Morgan fingerprint density at radius 3 is 2.22 bits per heavy atom. The molecule has 0 spiro atoms. The van der Waals surface area contributed by atoms with Crippen LogP contribution in [-0.4, -0.2) is 44.4 Å². The zero-order chi connectivity index (χ0) is 32.2. The lowest BCUT2D eigenvalue weighted by Crippen LogP contribution is -2.19. The Morgan fingerprint density at radius 2 is 1.48 bits per heavy atom. The Bertz CT molecular complexity index is 2110. The first-order chi connectivity index (χ1) is 22.4. The van der Waals surface area contributed by atoms with Crippen LogP contribution in [0.4, 0.5) is 0 Å². The lowest BCUT2D eigenvalue weighted by molar-refractivity contribution is 0.0733. The fourth-order valence-electron chi connectivity index (χ4n) is 5.30. The van der Waals surface area contributed by atoms with Crippen molar-refractivity contribution >= 4 is 51.4 Å². The molecule has 1 aromatic heterocycles. The van der Waals surface area contributed by atoms with Crippen molar-refractivity contribution in [2.75, 3.05) is 21.3 Å². The van der Waals surface area contributed by atoms with Gasteiger partial charge in [0.2, 0.25) is 5.75 Å². The average Bonchev–Trinajstić information content (AvgIpc) is 3.48. The number of hydrazone groups is 1. The maximum atomic E-state index is 13.6. The third-order valence-electron chi connectivity index (χ3n) is 7.46. The number of amides is 1. The maximum Gasteiger partial charge on any atom is 0.343 e. The standard InChI is InChI=1S/C36H28ClN3O6/c1-43-29-18-23(19-30(44-2)34(29)45-3)36(42)46-28-15-9-5-11-22(28)20-38-40-35(41)33-31(25-13-7-8-14-27(25)37)26-17-16-21-10-4-6-12-24(21)32(26)39-33/h4-20,39H,1-3H3,(H,40,41). The van der Waals surface area contributed by atoms with E-state index in [0.29, 0.717) is 44.7 Å². The highest BCUT2D eigenvalue weighted by Gasteiger charge is 2.22. The highest BCUT2D eigenvalue weighted by Crippen LogP contribution is 2.40. The van der Waals surface area contributed by atoms with E-state index in [0.717, 1.165) is 21.7 Å². The number of nitrogens with zero attached hydrogens (tertiary/aromatic N) is 1. The Balaban J connectivity index is 1.29. The number of fused-ring (bicyclic) bond motifs is 3. The van der Waals surface area contributed by atoms with Gasteiger partial charge in [-0.3, -0.25) is 4.79 Å². The number of carbonyl (C=O) groups is 2. The van der Waals surface area contributed by atoms with Crippen LogP contribution in [0.15, 0.2) is 102 Å². The zero-order valence-corrected chi connectivity index (χ0v) is 25.8. The topological polar surface area (TPSA) is 111 Å². The maximum absolute atomic E-state index is 13.6. The molecule has 0 aliphatic rings. The van der Waals surface area contributed by atoms with Crippen molar-refractivity contribution < 1.29 is 28.5 Å². The number of carbonyl (C=O) groups excluding carboxylic acids is 2. The molecule has 0 saturated heterocycles. The van der Waals surface area contributed by atoms with E-state index in [-0.39, 0.29) is 11.3 Å². The number of benzene rings is 5. The fraction of sp³-hybridized carbons (Fsp3) is 0.0833. The molecule has 9 nitrogen and oxygen atoms in total. The van der Waals surface area contributed by atoms with Gasteiger partial charge < -0.3 is 23.9 Å². The minimum Gasteiger partial charge on any atom is -0.493 e. The summed E-state index contributed by atoms with van der Waals surface area (Å²) in [5.74, 6) is 0.0796. The van der Waals surface area contributed by atoms with Crippen LogP contribution < -0.4 is 24.4 Å². The molecule has 6 rings (SSSR count). The molecule has 0 unspecified atom stereocenters. The number of esters is 1. The van der Waals surface area contributed by atoms with E-state index in [1.54, 1.807) is 30.3 Å². The van der Waals surface area contributed by atoms with Gasteiger partial charge in [0.05, 0.1) is 38.6 Å². The van der Waals surface area contributed by atoms with Crippen LogP contribution in [-0.2, 0) is 0 Å². The van der Waals surface area contributed by atoms with Gasteiger partial charge in [-0.25, -0.2) is 10.2 Å². The van der Waals surface area contributed by atoms with Crippen LogP contribution in [0.1, 0.15) is 26.4 Å². The Kier molecular flexibility index (Phi) is 8.58. The van der Waals surface area contributed by atoms with E-state index in [1.165, 1.54) is 39.7 Å². The van der Waals surface area contributed by atoms with Crippen molar-refractivity contribution in [3.63, 3.8) is 0 Å². The Labute approximate surface area is 269 Å². The predicted octanol–water partition coefficient (Wildman–Crippen LogP) is 7.65. The molecule has 1 amide bonds. The summed E-state index contributed by atoms with van der Waals surface area (Å²) < 4.78 is 21.7. The van der Waals surface area contributed by atoms with E-state index in [9.17, 15) is 9.59 Å². The molecular weight excluding hydrogens is 606 g/mol. The minimum atomic E-state index is -0.654. The highest BCUT2D eigenvalue weighted by molar-refractivity contribution is 6.34. The Morgan fingerprint density at radius 1 is 0.783 bits per heavy atom. The van der Waals surface area contributed by atoms with E-state index in [4.69, 9.17) is 30.5 Å². The molecule has 0 bridgehead atoms. The van der Waals surface area contributed by atoms with E-state index in [1.807, 2.05) is 54.6 Å². The van der Waals surface area contributed by atoms with Crippen molar-refractivity contribution in [1.82, 2.24) is 10.4 Å². The Hall–Kier alpha value is -5.80. The molecule has 0 radical (unpaired) electrons. The minimum absolute atomic E-state index is 0.188. The summed E-state index contributed by atoms with van der Waals surface area (Å²) >= 11 is 6.61. The predicted molar refractivity (Wildman–Crippen MR) is 179 cm³/mol. The SMILES string of the molecule is COc1cc(C(=O)Oc2ccccc2C=NNC(=O)c2[nH]c3c(ccc4ccccc43)c2-c2ccccc2Cl)cc(OC)c1OC. The first-order valence-corrected chi connectivity index (χ1v) is 14.5. The molecular formula is C36H28ClN3O6. The summed E-state index contributed by atoms with van der Waals surface area (Å²) in [6.07, 6.45) is 1.41. The number of halogens is 1. The van der Waals surface area contributed by atoms with Crippen LogP contribution in [0, 0.1) is 0 Å². The number of rotatable bonds is 9. The van der Waals surface area contributed by atoms with Gasteiger partial charge >= 0.3 is 5.97 Å². The largest absolute Gasteiger partial charge is 0.493 e. The molecule has 0 saturated carbocycles. The highest BCUT2D eigenvalue weighted by atomic mass is 35.5. The van der Waals surface area contributed by atoms with Gasteiger partial charge in [-0.05, 0) is 35.7 Å². The molecule has 0 aliphatic heterocycles. The van der Waals surface area contributed by atoms with Crippen LogP contribution in [0.5, 0.6) is 23.0 Å². The molecule has 2 N–H and O–H groups in total. The van der Waals surface area contributed by atoms with E-state index in [2.05, 4.69) is 15.5 Å². The van der Waals surface area contributed by atoms with Gasteiger partial charge in [0.15, 0.2) is 11.5 Å². The van der Waals surface area contributed by atoms with Gasteiger partial charge in [0.1, 0.15) is 11.4 Å². The summed E-state index contributed by atoms with van der Waals surface area (Å²) in [6.45, 7) is 0. The van der Waals surface area contributed by atoms with Crippen molar-refractivity contribution in [3.05, 3.63) is 119 Å². The van der Waals surface area contributed by atoms with Crippen molar-refractivity contribution in [1.29, 1.82) is 0 Å². The molecule has 10 heteroatoms. The van der Waals surface area contributed by atoms with Gasteiger partial charge in [-0.15, -0.1) is 0 Å². The van der Waals surface area contributed by atoms with Crippen LogP contribution in [0.2, 0.25) is 5.02 Å². The second kappa shape index (κ2) is 13.1. The van der Waals surface area contributed by atoms with Crippen molar-refractivity contribution in [3.8, 4) is 34.1 Å². The number of H-pyrrole nitrogens is 1. The van der Waals surface area contributed by atoms with Gasteiger partial charge in [0.25, 0.3) is 5.91 Å². The number of aromatic nitrogens is 1. The molecule has 230 valence electrons. The molecule has 1 heterocycles. The van der Waals surface area contributed by atoms with Crippen molar-refractivity contribution in [2.24, 2.45) is 5.10 Å². The second-order valence-corrected chi connectivity index (χ2v) is 10.5. The van der Waals surface area contributed by atoms with Gasteiger partial charge in [-0.2, -0.15) is 5.10 Å². The smallest absolute Gasteiger partial charge is 0.343 e. The lowest BCUT2D eigenvalue weighted by Gasteiger charge is -2.14. The number of hydrogen-bond donors (Lipinski definition) is 2. The van der Waals surface area contributed by atoms with E-state index >= 15 is 0 Å². The number of para-hydroxylation sites is 1. The number of ether oxygens (including phenoxy) is 4. The summed E-state index contributed by atoms with van der Waals surface area (Å²) in [5, 5.41) is 7.57. The average molecular weight is 634 g/mol. The monoisotopic (exact) mass is 633 g/mol. The molecule has 5 aromatic carbocycles.